The summed E-state index contributed by atoms with van der Waals surface area (Å²) in [6, 6.07) is 6.61. The predicted molar refractivity (Wildman–Crippen MR) is 94.9 cm³/mol. The number of para-hydroxylation sites is 1. The highest BCUT2D eigenvalue weighted by Gasteiger charge is 2.35. The molecule has 0 radical (unpaired) electrons. The zero-order chi connectivity index (χ0) is 15.2. The van der Waals surface area contributed by atoms with Crippen molar-refractivity contribution in [1.29, 1.82) is 0 Å². The average molecular weight is 395 g/mol. The molecule has 1 aromatic carbocycles. The van der Waals surface area contributed by atoms with Crippen molar-refractivity contribution in [3.63, 3.8) is 0 Å². The summed E-state index contributed by atoms with van der Waals surface area (Å²) in [6.07, 6.45) is 2.07. The Labute approximate surface area is 140 Å². The number of halogens is 1. The minimum atomic E-state index is -0.0337. The van der Waals surface area contributed by atoms with E-state index in [1.165, 1.54) is 31.8 Å². The van der Waals surface area contributed by atoms with Crippen LogP contribution in [-0.4, -0.2) is 9.78 Å². The third-order valence-electron chi connectivity index (χ3n) is 4.40. The highest BCUT2D eigenvalue weighted by molar-refractivity contribution is 14.1. The summed E-state index contributed by atoms with van der Waals surface area (Å²) in [5.41, 5.74) is 6.55. The molecule has 1 aliphatic rings. The summed E-state index contributed by atoms with van der Waals surface area (Å²) < 4.78 is 3.42. The van der Waals surface area contributed by atoms with Crippen molar-refractivity contribution in [3.8, 4) is 5.69 Å². The fourth-order valence-corrected chi connectivity index (χ4v) is 3.91. The van der Waals surface area contributed by atoms with Gasteiger partial charge in [-0.25, -0.2) is 4.68 Å². The van der Waals surface area contributed by atoms with Gasteiger partial charge in [-0.3, -0.25) is 0 Å². The molecule has 112 valence electrons. The van der Waals surface area contributed by atoms with Crippen molar-refractivity contribution in [3.05, 3.63) is 44.3 Å². The standard InChI is InChI=1S/C17H22IN3/c1-5-11-8-7-9-12(6-2)14(11)21-16(18)13-10-19-17(3,4)15(13)20-21/h7-9,19H,5-6,10H2,1-4H3. The SMILES string of the molecule is CCc1cccc(CC)c1-n1nc2c(c1I)CNC2(C)C. The zero-order valence-corrected chi connectivity index (χ0v) is 15.3. The van der Waals surface area contributed by atoms with Crippen LogP contribution in [0.5, 0.6) is 0 Å². The van der Waals surface area contributed by atoms with Crippen molar-refractivity contribution in [1.82, 2.24) is 15.1 Å². The fourth-order valence-electron chi connectivity index (χ4n) is 3.12. The van der Waals surface area contributed by atoms with E-state index in [1.807, 2.05) is 0 Å². The molecule has 21 heavy (non-hydrogen) atoms. The third kappa shape index (κ3) is 2.32. The van der Waals surface area contributed by atoms with Crippen LogP contribution in [0.15, 0.2) is 18.2 Å². The van der Waals surface area contributed by atoms with E-state index in [1.54, 1.807) is 0 Å². The van der Waals surface area contributed by atoms with Crippen molar-refractivity contribution in [2.24, 2.45) is 0 Å². The van der Waals surface area contributed by atoms with Crippen molar-refractivity contribution < 1.29 is 0 Å². The first-order chi connectivity index (χ1) is 9.99. The summed E-state index contributed by atoms with van der Waals surface area (Å²) in [5.74, 6) is 0. The first-order valence-corrected chi connectivity index (χ1v) is 8.71. The number of hydrogen-bond acceptors (Lipinski definition) is 2. The van der Waals surface area contributed by atoms with Crippen LogP contribution in [0.3, 0.4) is 0 Å². The summed E-state index contributed by atoms with van der Waals surface area (Å²) in [4.78, 5) is 0. The molecule has 1 aromatic heterocycles. The highest BCUT2D eigenvalue weighted by Crippen LogP contribution is 2.35. The Morgan fingerprint density at radius 3 is 2.38 bits per heavy atom. The Hall–Kier alpha value is -0.880. The fraction of sp³-hybridized carbons (Fsp3) is 0.471. The van der Waals surface area contributed by atoms with Gasteiger partial charge in [-0.2, -0.15) is 5.10 Å². The summed E-state index contributed by atoms with van der Waals surface area (Å²) in [7, 11) is 0. The molecule has 0 aliphatic carbocycles. The molecule has 0 saturated heterocycles. The van der Waals surface area contributed by atoms with Gasteiger partial charge in [0.1, 0.15) is 3.70 Å². The maximum absolute atomic E-state index is 4.98. The van der Waals surface area contributed by atoms with Crippen LogP contribution in [-0.2, 0) is 24.9 Å². The van der Waals surface area contributed by atoms with E-state index in [9.17, 15) is 0 Å². The number of fused-ring (bicyclic) bond motifs is 1. The quantitative estimate of drug-likeness (QED) is 0.798. The molecule has 2 heterocycles. The second-order valence-electron chi connectivity index (χ2n) is 6.14. The van der Waals surface area contributed by atoms with Gasteiger partial charge in [0.25, 0.3) is 0 Å². The van der Waals surface area contributed by atoms with E-state index in [0.29, 0.717) is 0 Å². The minimum absolute atomic E-state index is 0.0337. The van der Waals surface area contributed by atoms with Crippen LogP contribution < -0.4 is 5.32 Å². The second kappa shape index (κ2) is 5.39. The second-order valence-corrected chi connectivity index (χ2v) is 7.16. The Balaban J connectivity index is 2.24. The molecule has 1 N–H and O–H groups in total. The molecule has 0 atom stereocenters. The van der Waals surface area contributed by atoms with Crippen LogP contribution in [0, 0.1) is 3.70 Å². The van der Waals surface area contributed by atoms with Gasteiger partial charge in [-0.1, -0.05) is 32.0 Å². The molecule has 1 aliphatic heterocycles. The van der Waals surface area contributed by atoms with Crippen molar-refractivity contribution >= 4 is 22.6 Å². The van der Waals surface area contributed by atoms with Gasteiger partial charge in [-0.05, 0) is 60.4 Å². The predicted octanol–water partition coefficient (Wildman–Crippen LogP) is 3.94. The first-order valence-electron chi connectivity index (χ1n) is 7.63. The Kier molecular flexibility index (Phi) is 3.86. The largest absolute Gasteiger partial charge is 0.302 e. The summed E-state index contributed by atoms with van der Waals surface area (Å²) >= 11 is 2.45. The van der Waals surface area contributed by atoms with Gasteiger partial charge in [0.05, 0.1) is 16.9 Å². The number of aromatic nitrogens is 2. The molecule has 0 saturated carbocycles. The maximum atomic E-state index is 4.98. The number of benzene rings is 1. The van der Waals surface area contributed by atoms with Gasteiger partial charge in [0.15, 0.2) is 0 Å². The molecule has 3 rings (SSSR count). The maximum Gasteiger partial charge on any atom is 0.110 e. The normalized spacial score (nSPS) is 16.2. The van der Waals surface area contributed by atoms with Crippen LogP contribution in [0.25, 0.3) is 5.69 Å². The minimum Gasteiger partial charge on any atom is -0.302 e. The van der Waals surface area contributed by atoms with Gasteiger partial charge in [-0.15, -0.1) is 0 Å². The zero-order valence-electron chi connectivity index (χ0n) is 13.1. The Bertz CT molecular complexity index is 663. The Morgan fingerprint density at radius 2 is 1.86 bits per heavy atom. The molecule has 2 aromatic rings. The van der Waals surface area contributed by atoms with Crippen LogP contribution in [0.1, 0.15) is 50.1 Å². The molecule has 0 spiro atoms. The van der Waals surface area contributed by atoms with Gasteiger partial charge in [0, 0.05) is 12.1 Å². The van der Waals surface area contributed by atoms with Crippen molar-refractivity contribution in [2.45, 2.75) is 52.6 Å². The molecular formula is C17H22IN3. The van der Waals surface area contributed by atoms with Gasteiger partial charge < -0.3 is 5.32 Å². The van der Waals surface area contributed by atoms with E-state index >= 15 is 0 Å². The topological polar surface area (TPSA) is 29.9 Å². The van der Waals surface area contributed by atoms with E-state index in [-0.39, 0.29) is 5.54 Å². The smallest absolute Gasteiger partial charge is 0.110 e. The van der Waals surface area contributed by atoms with E-state index < -0.39 is 0 Å². The lowest BCUT2D eigenvalue weighted by atomic mass is 10.0. The van der Waals surface area contributed by atoms with E-state index in [4.69, 9.17) is 5.10 Å². The number of nitrogens with zero attached hydrogens (tertiary/aromatic N) is 2. The van der Waals surface area contributed by atoms with Gasteiger partial charge in [0.2, 0.25) is 0 Å². The number of aryl methyl sites for hydroxylation is 2. The highest BCUT2D eigenvalue weighted by atomic mass is 127. The van der Waals surface area contributed by atoms with Crippen LogP contribution in [0.4, 0.5) is 0 Å². The monoisotopic (exact) mass is 395 g/mol. The van der Waals surface area contributed by atoms with Crippen LogP contribution in [0.2, 0.25) is 0 Å². The molecule has 0 amide bonds. The van der Waals surface area contributed by atoms with Gasteiger partial charge >= 0.3 is 0 Å². The number of nitrogens with one attached hydrogen (secondary N) is 1. The Morgan fingerprint density at radius 1 is 1.24 bits per heavy atom. The average Bonchev–Trinajstić information content (AvgIpc) is 2.96. The molecule has 0 fully saturated rings. The lowest BCUT2D eigenvalue weighted by Crippen LogP contribution is -2.30. The molecular weight excluding hydrogens is 373 g/mol. The molecule has 0 unspecified atom stereocenters. The number of rotatable bonds is 3. The van der Waals surface area contributed by atoms with Crippen LogP contribution >= 0.6 is 22.6 Å². The number of hydrogen-bond donors (Lipinski definition) is 1. The van der Waals surface area contributed by atoms with Crippen molar-refractivity contribution in [2.75, 3.05) is 0 Å². The molecule has 0 bridgehead atoms. The molecule has 4 heteroatoms. The lowest BCUT2D eigenvalue weighted by Gasteiger charge is -2.19. The van der Waals surface area contributed by atoms with E-state index in [2.05, 4.69) is 78.5 Å². The summed E-state index contributed by atoms with van der Waals surface area (Å²) in [5, 5.41) is 8.51. The van der Waals surface area contributed by atoms with E-state index in [0.717, 1.165) is 19.4 Å². The molecule has 3 nitrogen and oxygen atoms in total. The summed E-state index contributed by atoms with van der Waals surface area (Å²) in [6.45, 7) is 9.76. The third-order valence-corrected chi connectivity index (χ3v) is 5.50. The first kappa shape index (κ1) is 15.0. The lowest BCUT2D eigenvalue weighted by molar-refractivity contribution is 0.425.